The maximum Gasteiger partial charge on any atom is 0.328 e. The summed E-state index contributed by atoms with van der Waals surface area (Å²) in [7, 11) is 0. The van der Waals surface area contributed by atoms with Gasteiger partial charge in [0.1, 0.15) is 5.75 Å². The molecule has 0 aliphatic rings. The first kappa shape index (κ1) is 15.3. The summed E-state index contributed by atoms with van der Waals surface area (Å²) in [5.41, 5.74) is 4.20. The van der Waals surface area contributed by atoms with E-state index in [2.05, 4.69) is 16.8 Å². The fourth-order valence-electron chi connectivity index (χ4n) is 2.18. The average molecular weight is 302 g/mol. The molecule has 3 nitrogen and oxygen atoms in total. The number of benzene rings is 1. The van der Waals surface area contributed by atoms with Gasteiger partial charge in [0.25, 0.3) is 0 Å². The molecule has 0 unspecified atom stereocenters. The van der Waals surface area contributed by atoms with Crippen LogP contribution in [0.4, 0.5) is 0 Å². The molecule has 1 aromatic heterocycles. The molecule has 0 saturated carbocycles. The van der Waals surface area contributed by atoms with Crippen molar-refractivity contribution < 1.29 is 14.6 Å². The van der Waals surface area contributed by atoms with Crippen LogP contribution in [0.2, 0.25) is 0 Å². The van der Waals surface area contributed by atoms with E-state index in [1.165, 1.54) is 5.56 Å². The summed E-state index contributed by atoms with van der Waals surface area (Å²) in [6.07, 6.45) is 3.63. The zero-order valence-electron chi connectivity index (χ0n) is 12.1. The molecule has 0 fully saturated rings. The Hall–Kier alpha value is -2.07. The Kier molecular flexibility index (Phi) is 5.17. The molecule has 0 amide bonds. The van der Waals surface area contributed by atoms with Gasteiger partial charge in [0.15, 0.2) is 0 Å². The van der Waals surface area contributed by atoms with Gasteiger partial charge in [-0.2, -0.15) is 11.3 Å². The van der Waals surface area contributed by atoms with Crippen molar-refractivity contribution in [2.75, 3.05) is 6.61 Å². The molecule has 0 saturated heterocycles. The van der Waals surface area contributed by atoms with Crippen molar-refractivity contribution in [3.8, 4) is 5.75 Å². The van der Waals surface area contributed by atoms with Crippen LogP contribution in [0, 0.1) is 13.8 Å². The van der Waals surface area contributed by atoms with Crippen LogP contribution in [-0.2, 0) is 11.2 Å². The van der Waals surface area contributed by atoms with Crippen LogP contribution >= 0.6 is 11.3 Å². The monoisotopic (exact) mass is 302 g/mol. The third-order valence-corrected chi connectivity index (χ3v) is 3.85. The third kappa shape index (κ3) is 4.46. The standard InChI is InChI=1S/C17H18O3S/c1-12-9-15(3-4-16(18)19)10-13(2)17(12)20-7-5-14-6-8-21-11-14/h3-4,6,8-11H,5,7H2,1-2H3,(H,18,19). The van der Waals surface area contributed by atoms with Gasteiger partial charge in [-0.25, -0.2) is 4.79 Å². The van der Waals surface area contributed by atoms with Gasteiger partial charge in [0, 0.05) is 12.5 Å². The molecule has 0 bridgehead atoms. The van der Waals surface area contributed by atoms with Crippen LogP contribution in [0.25, 0.3) is 6.08 Å². The summed E-state index contributed by atoms with van der Waals surface area (Å²) in [6.45, 7) is 4.60. The van der Waals surface area contributed by atoms with Gasteiger partial charge in [0.2, 0.25) is 0 Å². The van der Waals surface area contributed by atoms with Crippen LogP contribution in [-0.4, -0.2) is 17.7 Å². The lowest BCUT2D eigenvalue weighted by Gasteiger charge is -2.13. The topological polar surface area (TPSA) is 46.5 Å². The second-order valence-electron chi connectivity index (χ2n) is 4.89. The van der Waals surface area contributed by atoms with E-state index in [0.29, 0.717) is 6.61 Å². The molecular formula is C17H18O3S. The van der Waals surface area contributed by atoms with E-state index in [1.54, 1.807) is 17.4 Å². The van der Waals surface area contributed by atoms with Crippen LogP contribution in [0.15, 0.2) is 35.0 Å². The van der Waals surface area contributed by atoms with Gasteiger partial charge < -0.3 is 9.84 Å². The highest BCUT2D eigenvalue weighted by Gasteiger charge is 2.06. The second kappa shape index (κ2) is 7.09. The molecule has 1 aromatic carbocycles. The average Bonchev–Trinajstić information content (AvgIpc) is 2.92. The van der Waals surface area contributed by atoms with E-state index in [-0.39, 0.29) is 0 Å². The number of aliphatic carboxylic acids is 1. The highest BCUT2D eigenvalue weighted by molar-refractivity contribution is 7.07. The molecule has 110 valence electrons. The van der Waals surface area contributed by atoms with Crippen LogP contribution in [0.5, 0.6) is 5.75 Å². The highest BCUT2D eigenvalue weighted by Crippen LogP contribution is 2.25. The molecular weight excluding hydrogens is 284 g/mol. The minimum absolute atomic E-state index is 0.642. The Morgan fingerprint density at radius 2 is 2.05 bits per heavy atom. The number of rotatable bonds is 6. The summed E-state index contributed by atoms with van der Waals surface area (Å²) in [6, 6.07) is 5.98. The van der Waals surface area contributed by atoms with Crippen molar-refractivity contribution in [1.82, 2.24) is 0 Å². The maximum absolute atomic E-state index is 10.6. The molecule has 4 heteroatoms. The van der Waals surface area contributed by atoms with Crippen LogP contribution in [0.1, 0.15) is 22.3 Å². The van der Waals surface area contributed by atoms with Gasteiger partial charge >= 0.3 is 5.97 Å². The molecule has 0 aliphatic carbocycles. The van der Waals surface area contributed by atoms with Gasteiger partial charge in [-0.15, -0.1) is 0 Å². The minimum atomic E-state index is -0.943. The van der Waals surface area contributed by atoms with E-state index >= 15 is 0 Å². The molecule has 0 spiro atoms. The Labute approximate surface area is 128 Å². The third-order valence-electron chi connectivity index (χ3n) is 3.12. The summed E-state index contributed by atoms with van der Waals surface area (Å²) < 4.78 is 5.89. The lowest BCUT2D eigenvalue weighted by atomic mass is 10.1. The van der Waals surface area contributed by atoms with Crippen molar-refractivity contribution in [2.45, 2.75) is 20.3 Å². The first-order valence-corrected chi connectivity index (χ1v) is 7.66. The predicted molar refractivity (Wildman–Crippen MR) is 86.1 cm³/mol. The molecule has 0 aliphatic heterocycles. The smallest absolute Gasteiger partial charge is 0.328 e. The number of aryl methyl sites for hydroxylation is 2. The van der Waals surface area contributed by atoms with Crippen LogP contribution < -0.4 is 4.74 Å². The summed E-state index contributed by atoms with van der Waals surface area (Å²) in [4.78, 5) is 10.6. The van der Waals surface area contributed by atoms with E-state index in [9.17, 15) is 4.79 Å². The molecule has 1 N–H and O–H groups in total. The Morgan fingerprint density at radius 1 is 1.33 bits per heavy atom. The number of carboxylic acid groups (broad SMARTS) is 1. The molecule has 21 heavy (non-hydrogen) atoms. The fraction of sp³-hybridized carbons (Fsp3) is 0.235. The van der Waals surface area contributed by atoms with Crippen molar-refractivity contribution in [1.29, 1.82) is 0 Å². The Morgan fingerprint density at radius 3 is 2.62 bits per heavy atom. The van der Waals surface area contributed by atoms with Crippen molar-refractivity contribution in [3.05, 3.63) is 57.3 Å². The summed E-state index contributed by atoms with van der Waals surface area (Å²) in [5, 5.41) is 12.9. The van der Waals surface area contributed by atoms with E-state index in [1.807, 2.05) is 26.0 Å². The van der Waals surface area contributed by atoms with Crippen molar-refractivity contribution >= 4 is 23.4 Å². The van der Waals surface area contributed by atoms with Gasteiger partial charge in [-0.1, -0.05) is 0 Å². The fourth-order valence-corrected chi connectivity index (χ4v) is 2.88. The normalized spacial score (nSPS) is 11.0. The number of ether oxygens (including phenoxy) is 1. The second-order valence-corrected chi connectivity index (χ2v) is 5.67. The minimum Gasteiger partial charge on any atom is -0.493 e. The summed E-state index contributed by atoms with van der Waals surface area (Å²) in [5.74, 6) is -0.0564. The maximum atomic E-state index is 10.6. The first-order valence-electron chi connectivity index (χ1n) is 6.72. The highest BCUT2D eigenvalue weighted by atomic mass is 32.1. The lowest BCUT2D eigenvalue weighted by Crippen LogP contribution is -2.03. The zero-order valence-corrected chi connectivity index (χ0v) is 12.9. The largest absolute Gasteiger partial charge is 0.493 e. The van der Waals surface area contributed by atoms with Crippen LogP contribution in [0.3, 0.4) is 0 Å². The molecule has 2 aromatic rings. The quantitative estimate of drug-likeness (QED) is 0.818. The summed E-state index contributed by atoms with van der Waals surface area (Å²) >= 11 is 1.69. The number of carbonyl (C=O) groups is 1. The Balaban J connectivity index is 2.04. The van der Waals surface area contributed by atoms with E-state index in [4.69, 9.17) is 9.84 Å². The van der Waals surface area contributed by atoms with Gasteiger partial charge in [-0.3, -0.25) is 0 Å². The molecule has 1 heterocycles. The lowest BCUT2D eigenvalue weighted by molar-refractivity contribution is -0.131. The molecule has 2 rings (SSSR count). The number of hydrogen-bond acceptors (Lipinski definition) is 3. The zero-order chi connectivity index (χ0) is 15.2. The van der Waals surface area contributed by atoms with Gasteiger partial charge in [0.05, 0.1) is 6.61 Å². The van der Waals surface area contributed by atoms with E-state index in [0.717, 1.165) is 34.9 Å². The van der Waals surface area contributed by atoms with Gasteiger partial charge in [-0.05, 0) is 71.1 Å². The first-order chi connectivity index (χ1) is 10.1. The number of hydrogen-bond donors (Lipinski definition) is 1. The number of thiophene rings is 1. The Bertz CT molecular complexity index is 619. The van der Waals surface area contributed by atoms with Crippen molar-refractivity contribution in [3.63, 3.8) is 0 Å². The van der Waals surface area contributed by atoms with E-state index < -0.39 is 5.97 Å². The molecule has 0 atom stereocenters. The SMILES string of the molecule is Cc1cc(C=CC(=O)O)cc(C)c1OCCc1ccsc1. The van der Waals surface area contributed by atoms with Crippen molar-refractivity contribution in [2.24, 2.45) is 0 Å². The predicted octanol–water partition coefficient (Wildman–Crippen LogP) is 4.08. The molecule has 0 radical (unpaired) electrons. The number of carboxylic acids is 1.